The van der Waals surface area contributed by atoms with Gasteiger partial charge in [0.15, 0.2) is 0 Å². The maximum Gasteiger partial charge on any atom is 0.328 e. The molecule has 0 radical (unpaired) electrons. The standard InChI is InChI=1S/C15H13ClN2O3/c1-18-9-11(16)8-13(18)15(21)17-12-4-2-3-10(7-12)5-6-14(19)20/h2-9H,1H3,(H,17,21)(H,19,20). The van der Waals surface area contributed by atoms with E-state index >= 15 is 0 Å². The Balaban J connectivity index is 2.16. The van der Waals surface area contributed by atoms with Crippen molar-refractivity contribution < 1.29 is 14.7 Å². The van der Waals surface area contributed by atoms with E-state index in [-0.39, 0.29) is 5.91 Å². The van der Waals surface area contributed by atoms with E-state index in [0.29, 0.717) is 22.0 Å². The van der Waals surface area contributed by atoms with Crippen molar-refractivity contribution in [3.63, 3.8) is 0 Å². The number of rotatable bonds is 4. The predicted molar refractivity (Wildman–Crippen MR) is 81.5 cm³/mol. The molecule has 108 valence electrons. The number of hydrogen-bond acceptors (Lipinski definition) is 2. The first-order valence-corrected chi connectivity index (χ1v) is 6.48. The number of carbonyl (C=O) groups is 2. The highest BCUT2D eigenvalue weighted by atomic mass is 35.5. The van der Waals surface area contributed by atoms with Crippen molar-refractivity contribution in [2.45, 2.75) is 0 Å². The van der Waals surface area contributed by atoms with Crippen molar-refractivity contribution in [3.05, 3.63) is 58.9 Å². The summed E-state index contributed by atoms with van der Waals surface area (Å²) in [6.45, 7) is 0. The van der Waals surface area contributed by atoms with E-state index in [2.05, 4.69) is 5.32 Å². The molecule has 2 rings (SSSR count). The summed E-state index contributed by atoms with van der Waals surface area (Å²) in [5.74, 6) is -1.31. The minimum atomic E-state index is -1.03. The Bertz CT molecular complexity index is 719. The fraction of sp³-hybridized carbons (Fsp3) is 0.0667. The van der Waals surface area contributed by atoms with Crippen LogP contribution in [0.1, 0.15) is 16.1 Å². The number of amides is 1. The molecule has 0 bridgehead atoms. The summed E-state index contributed by atoms with van der Waals surface area (Å²) in [6.07, 6.45) is 4.14. The van der Waals surface area contributed by atoms with E-state index in [4.69, 9.17) is 16.7 Å². The van der Waals surface area contributed by atoms with Gasteiger partial charge < -0.3 is 15.0 Å². The van der Waals surface area contributed by atoms with Gasteiger partial charge in [0.05, 0.1) is 5.02 Å². The number of halogens is 1. The topological polar surface area (TPSA) is 71.3 Å². The van der Waals surface area contributed by atoms with Crippen molar-refractivity contribution >= 4 is 35.2 Å². The molecule has 1 heterocycles. The normalized spacial score (nSPS) is 10.8. The minimum absolute atomic E-state index is 0.288. The van der Waals surface area contributed by atoms with Crippen LogP contribution in [0.15, 0.2) is 42.6 Å². The average Bonchev–Trinajstić information content (AvgIpc) is 2.76. The Labute approximate surface area is 126 Å². The Morgan fingerprint density at radius 1 is 1.33 bits per heavy atom. The molecule has 0 spiro atoms. The van der Waals surface area contributed by atoms with Gasteiger partial charge in [-0.1, -0.05) is 23.7 Å². The van der Waals surface area contributed by atoms with E-state index in [1.807, 2.05) is 0 Å². The summed E-state index contributed by atoms with van der Waals surface area (Å²) in [4.78, 5) is 22.6. The lowest BCUT2D eigenvalue weighted by molar-refractivity contribution is -0.131. The number of aryl methyl sites for hydroxylation is 1. The molecule has 2 aromatic rings. The summed E-state index contributed by atoms with van der Waals surface area (Å²) >= 11 is 5.84. The first kappa shape index (κ1) is 14.9. The molecule has 1 amide bonds. The molecule has 21 heavy (non-hydrogen) atoms. The molecule has 0 aliphatic rings. The van der Waals surface area contributed by atoms with Gasteiger partial charge in [-0.25, -0.2) is 4.79 Å². The van der Waals surface area contributed by atoms with Crippen molar-refractivity contribution in [2.75, 3.05) is 5.32 Å². The molecule has 0 unspecified atom stereocenters. The molecule has 0 fully saturated rings. The quantitative estimate of drug-likeness (QED) is 0.853. The SMILES string of the molecule is Cn1cc(Cl)cc1C(=O)Nc1cccc(C=CC(=O)O)c1. The zero-order chi connectivity index (χ0) is 15.4. The third-order valence-electron chi connectivity index (χ3n) is 2.77. The zero-order valence-electron chi connectivity index (χ0n) is 11.2. The molecule has 0 aliphatic heterocycles. The van der Waals surface area contributed by atoms with Gasteiger partial charge in [0.1, 0.15) is 5.69 Å². The first-order valence-electron chi connectivity index (χ1n) is 6.10. The van der Waals surface area contributed by atoms with Crippen LogP contribution in [0.3, 0.4) is 0 Å². The maximum atomic E-state index is 12.1. The van der Waals surface area contributed by atoms with E-state index < -0.39 is 5.97 Å². The smallest absolute Gasteiger partial charge is 0.328 e. The summed E-state index contributed by atoms with van der Waals surface area (Å²) in [6, 6.07) is 8.46. The summed E-state index contributed by atoms with van der Waals surface area (Å²) in [5, 5.41) is 11.8. The molecule has 0 saturated heterocycles. The maximum absolute atomic E-state index is 12.1. The van der Waals surface area contributed by atoms with E-state index in [0.717, 1.165) is 6.08 Å². The number of carbonyl (C=O) groups excluding carboxylic acids is 1. The highest BCUT2D eigenvalue weighted by Gasteiger charge is 2.11. The van der Waals surface area contributed by atoms with Gasteiger partial charge in [0, 0.05) is 25.0 Å². The van der Waals surface area contributed by atoms with Crippen LogP contribution in [-0.2, 0) is 11.8 Å². The number of hydrogen-bond donors (Lipinski definition) is 2. The lowest BCUT2D eigenvalue weighted by Gasteiger charge is -2.06. The van der Waals surface area contributed by atoms with Gasteiger partial charge in [0.2, 0.25) is 0 Å². The van der Waals surface area contributed by atoms with Gasteiger partial charge in [0.25, 0.3) is 5.91 Å². The molecule has 0 atom stereocenters. The number of anilines is 1. The Kier molecular flexibility index (Phi) is 4.45. The second kappa shape index (κ2) is 6.28. The fourth-order valence-corrected chi connectivity index (χ4v) is 2.08. The van der Waals surface area contributed by atoms with E-state index in [9.17, 15) is 9.59 Å². The molecule has 1 aromatic carbocycles. The fourth-order valence-electron chi connectivity index (χ4n) is 1.83. The van der Waals surface area contributed by atoms with Crippen molar-refractivity contribution in [1.29, 1.82) is 0 Å². The Morgan fingerprint density at radius 3 is 2.71 bits per heavy atom. The number of nitrogens with one attached hydrogen (secondary N) is 1. The third-order valence-corrected chi connectivity index (χ3v) is 2.97. The van der Waals surface area contributed by atoms with Crippen LogP contribution in [0.2, 0.25) is 5.02 Å². The number of aromatic nitrogens is 1. The largest absolute Gasteiger partial charge is 0.478 e. The summed E-state index contributed by atoms with van der Waals surface area (Å²) in [5.41, 5.74) is 1.69. The van der Waals surface area contributed by atoms with Crippen LogP contribution >= 0.6 is 11.6 Å². The minimum Gasteiger partial charge on any atom is -0.478 e. The third kappa shape index (κ3) is 3.97. The van der Waals surface area contributed by atoms with Crippen LogP contribution < -0.4 is 5.32 Å². The van der Waals surface area contributed by atoms with Crippen molar-refractivity contribution in [2.24, 2.45) is 7.05 Å². The summed E-state index contributed by atoms with van der Waals surface area (Å²) in [7, 11) is 1.73. The molecule has 0 aliphatic carbocycles. The second-order valence-corrected chi connectivity index (χ2v) is 4.84. The lowest BCUT2D eigenvalue weighted by atomic mass is 10.2. The van der Waals surface area contributed by atoms with Crippen LogP contribution in [0.25, 0.3) is 6.08 Å². The monoisotopic (exact) mass is 304 g/mol. The molecular weight excluding hydrogens is 292 g/mol. The van der Waals surface area contributed by atoms with E-state index in [1.54, 1.807) is 48.1 Å². The second-order valence-electron chi connectivity index (χ2n) is 4.41. The lowest BCUT2D eigenvalue weighted by Crippen LogP contribution is -2.15. The number of carboxylic acids is 1. The first-order chi connectivity index (χ1) is 9.95. The van der Waals surface area contributed by atoms with Crippen molar-refractivity contribution in [1.82, 2.24) is 4.57 Å². The van der Waals surface area contributed by atoms with Gasteiger partial charge in [-0.15, -0.1) is 0 Å². The highest BCUT2D eigenvalue weighted by Crippen LogP contribution is 2.16. The van der Waals surface area contributed by atoms with Gasteiger partial charge >= 0.3 is 5.97 Å². The molecule has 0 saturated carbocycles. The molecule has 5 nitrogen and oxygen atoms in total. The van der Waals surface area contributed by atoms with E-state index in [1.165, 1.54) is 6.08 Å². The predicted octanol–water partition coefficient (Wildman–Crippen LogP) is 3.03. The van der Waals surface area contributed by atoms with Crippen LogP contribution in [-0.4, -0.2) is 21.6 Å². The van der Waals surface area contributed by atoms with Crippen LogP contribution in [0, 0.1) is 0 Å². The highest BCUT2D eigenvalue weighted by molar-refractivity contribution is 6.31. The van der Waals surface area contributed by atoms with Crippen LogP contribution in [0.4, 0.5) is 5.69 Å². The number of benzene rings is 1. The molecule has 1 aromatic heterocycles. The molecule has 2 N–H and O–H groups in total. The van der Waals surface area contributed by atoms with Gasteiger partial charge in [-0.05, 0) is 29.8 Å². The Hall–Kier alpha value is -2.53. The number of nitrogens with zero attached hydrogens (tertiary/aromatic N) is 1. The number of aliphatic carboxylic acids is 1. The van der Waals surface area contributed by atoms with Crippen LogP contribution in [0.5, 0.6) is 0 Å². The van der Waals surface area contributed by atoms with Gasteiger partial charge in [-0.3, -0.25) is 4.79 Å². The number of carboxylic acid groups (broad SMARTS) is 1. The average molecular weight is 305 g/mol. The van der Waals surface area contributed by atoms with Gasteiger partial charge in [-0.2, -0.15) is 0 Å². The molecular formula is C15H13ClN2O3. The zero-order valence-corrected chi connectivity index (χ0v) is 12.0. The molecule has 6 heteroatoms. The van der Waals surface area contributed by atoms with Crippen molar-refractivity contribution in [3.8, 4) is 0 Å². The summed E-state index contributed by atoms with van der Waals surface area (Å²) < 4.78 is 1.63. The Morgan fingerprint density at radius 2 is 2.10 bits per heavy atom.